The topological polar surface area (TPSA) is 38.9 Å². The summed E-state index contributed by atoms with van der Waals surface area (Å²) in [5, 5.41) is 6.32. The molecular weight excluding hydrogens is 150 g/mol. The molecule has 0 aliphatic carbocycles. The van der Waals surface area contributed by atoms with Crippen molar-refractivity contribution in [2.75, 3.05) is 0 Å². The van der Waals surface area contributed by atoms with E-state index in [-0.39, 0.29) is 5.03 Å². The highest BCUT2D eigenvalue weighted by Gasteiger charge is 2.07. The summed E-state index contributed by atoms with van der Waals surface area (Å²) in [5.74, 6) is -2.46. The summed E-state index contributed by atoms with van der Waals surface area (Å²) in [6, 6.07) is 0. The van der Waals surface area contributed by atoms with Crippen LogP contribution < -0.4 is 0 Å². The second kappa shape index (κ2) is 2.77. The average molecular weight is 152 g/mol. The van der Waals surface area contributed by atoms with E-state index in [9.17, 15) is 8.78 Å². The van der Waals surface area contributed by atoms with Crippen LogP contribution in [0.4, 0.5) is 8.78 Å². The minimum atomic E-state index is -2.46. The number of rotatable bonds is 2. The molecular formula is C3H2F2N2OS. The molecule has 0 aromatic carbocycles. The van der Waals surface area contributed by atoms with Crippen molar-refractivity contribution in [2.24, 2.45) is 0 Å². The van der Waals surface area contributed by atoms with Gasteiger partial charge in [-0.1, -0.05) is 0 Å². The van der Waals surface area contributed by atoms with Crippen LogP contribution in [-0.2, 0) is 0 Å². The van der Waals surface area contributed by atoms with Crippen molar-refractivity contribution < 1.29 is 13.3 Å². The molecule has 0 N–H and O–H groups in total. The zero-order valence-electron chi connectivity index (χ0n) is 4.12. The lowest BCUT2D eigenvalue weighted by Crippen LogP contribution is -1.80. The largest absolute Gasteiger partial charge is 0.344 e. The molecule has 6 heteroatoms. The predicted molar refractivity (Wildman–Crippen MR) is 26.2 cm³/mol. The third-order valence-electron chi connectivity index (χ3n) is 0.550. The summed E-state index contributed by atoms with van der Waals surface area (Å²) in [6.45, 7) is 0. The van der Waals surface area contributed by atoms with Gasteiger partial charge in [0.2, 0.25) is 0 Å². The van der Waals surface area contributed by atoms with Gasteiger partial charge in [0.25, 0.3) is 5.76 Å². The Labute approximate surface area is 53.4 Å². The molecule has 0 bridgehead atoms. The minimum Gasteiger partial charge on any atom is -0.344 e. The molecule has 1 rings (SSSR count). The smallest absolute Gasteiger partial charge is 0.290 e. The molecule has 0 fully saturated rings. The summed E-state index contributed by atoms with van der Waals surface area (Å²) < 4.78 is 27.1. The van der Waals surface area contributed by atoms with Crippen molar-refractivity contribution in [2.45, 2.75) is 10.8 Å². The Morgan fingerprint density at radius 1 is 1.67 bits per heavy atom. The zero-order chi connectivity index (χ0) is 6.69. The molecule has 9 heavy (non-hydrogen) atoms. The molecule has 1 aromatic rings. The summed E-state index contributed by atoms with van der Waals surface area (Å²) in [4.78, 5) is 0. The van der Waals surface area contributed by atoms with Crippen LogP contribution in [0.15, 0.2) is 15.8 Å². The van der Waals surface area contributed by atoms with Gasteiger partial charge < -0.3 is 4.52 Å². The van der Waals surface area contributed by atoms with Crippen LogP contribution in [0, 0.1) is 0 Å². The van der Waals surface area contributed by atoms with Crippen LogP contribution >= 0.6 is 11.8 Å². The fourth-order valence-electron chi connectivity index (χ4n) is 0.299. The van der Waals surface area contributed by atoms with Gasteiger partial charge in [-0.3, -0.25) is 0 Å². The van der Waals surface area contributed by atoms with E-state index < -0.39 is 5.76 Å². The van der Waals surface area contributed by atoms with Gasteiger partial charge in [0.05, 0.1) is 0 Å². The van der Waals surface area contributed by atoms with E-state index in [4.69, 9.17) is 0 Å². The number of alkyl halides is 2. The van der Waals surface area contributed by atoms with E-state index in [2.05, 4.69) is 14.9 Å². The summed E-state index contributed by atoms with van der Waals surface area (Å²) in [6.07, 6.45) is 1.07. The van der Waals surface area contributed by atoms with Gasteiger partial charge in [-0.25, -0.2) is 0 Å². The molecule has 1 heterocycles. The first-order chi connectivity index (χ1) is 4.29. The lowest BCUT2D eigenvalue weighted by atomic mass is 11.0. The average Bonchev–Trinajstić information content (AvgIpc) is 2.15. The lowest BCUT2D eigenvalue weighted by molar-refractivity contribution is 0.252. The lowest BCUT2D eigenvalue weighted by Gasteiger charge is -1.87. The van der Waals surface area contributed by atoms with E-state index in [1.165, 1.54) is 0 Å². The standard InChI is InChI=1S/C3H2F2N2OS/c4-3(5)9-2-1-8-7-6-2/h1,3H. The summed E-state index contributed by atoms with van der Waals surface area (Å²) in [7, 11) is 0. The monoisotopic (exact) mass is 152 g/mol. The molecule has 0 atom stereocenters. The Hall–Kier alpha value is -0.650. The molecule has 0 aliphatic heterocycles. The van der Waals surface area contributed by atoms with E-state index >= 15 is 0 Å². The summed E-state index contributed by atoms with van der Waals surface area (Å²) >= 11 is 0.304. The third kappa shape index (κ3) is 1.96. The van der Waals surface area contributed by atoms with Crippen molar-refractivity contribution in [3.63, 3.8) is 0 Å². The first-order valence-corrected chi connectivity index (χ1v) is 2.89. The Bertz CT molecular complexity index is 166. The fraction of sp³-hybridized carbons (Fsp3) is 0.333. The maximum Gasteiger partial charge on any atom is 0.290 e. The highest BCUT2D eigenvalue weighted by molar-refractivity contribution is 7.99. The molecule has 3 nitrogen and oxygen atoms in total. The third-order valence-corrected chi connectivity index (χ3v) is 1.15. The van der Waals surface area contributed by atoms with E-state index in [1.54, 1.807) is 0 Å². The Balaban J connectivity index is 2.48. The quantitative estimate of drug-likeness (QED) is 0.600. The van der Waals surface area contributed by atoms with Gasteiger partial charge in [-0.05, 0) is 11.8 Å². The van der Waals surface area contributed by atoms with Crippen LogP contribution in [0.25, 0.3) is 0 Å². The number of aromatic nitrogens is 2. The Morgan fingerprint density at radius 2 is 2.44 bits per heavy atom. The van der Waals surface area contributed by atoms with Crippen molar-refractivity contribution in [3.8, 4) is 0 Å². The number of hydrogen-bond acceptors (Lipinski definition) is 4. The summed E-state index contributed by atoms with van der Waals surface area (Å²) in [5.41, 5.74) is 0. The highest BCUT2D eigenvalue weighted by atomic mass is 32.2. The van der Waals surface area contributed by atoms with Crippen molar-refractivity contribution >= 4 is 11.8 Å². The molecule has 0 aliphatic rings. The zero-order valence-corrected chi connectivity index (χ0v) is 4.94. The molecule has 0 unspecified atom stereocenters. The molecule has 0 spiro atoms. The van der Waals surface area contributed by atoms with Crippen LogP contribution in [-0.4, -0.2) is 16.1 Å². The number of hydrogen-bond donors (Lipinski definition) is 0. The first-order valence-electron chi connectivity index (χ1n) is 2.01. The fourth-order valence-corrected chi connectivity index (χ4v) is 0.660. The van der Waals surface area contributed by atoms with Gasteiger partial charge in [-0.15, -0.1) is 5.10 Å². The number of nitrogens with zero attached hydrogens (tertiary/aromatic N) is 2. The van der Waals surface area contributed by atoms with Gasteiger partial charge >= 0.3 is 0 Å². The molecule has 0 radical (unpaired) electrons. The minimum absolute atomic E-state index is 0.102. The normalized spacial score (nSPS) is 10.6. The van der Waals surface area contributed by atoms with Crippen LogP contribution in [0.3, 0.4) is 0 Å². The molecule has 1 aromatic heterocycles. The van der Waals surface area contributed by atoms with Crippen LogP contribution in [0.2, 0.25) is 0 Å². The predicted octanol–water partition coefficient (Wildman–Crippen LogP) is 1.38. The first kappa shape index (κ1) is 6.47. The van der Waals surface area contributed by atoms with Crippen LogP contribution in [0.1, 0.15) is 0 Å². The van der Waals surface area contributed by atoms with E-state index in [0.29, 0.717) is 11.8 Å². The molecule has 0 amide bonds. The van der Waals surface area contributed by atoms with Gasteiger partial charge in [-0.2, -0.15) is 8.78 Å². The van der Waals surface area contributed by atoms with Crippen molar-refractivity contribution in [1.29, 1.82) is 0 Å². The Morgan fingerprint density at radius 3 is 2.89 bits per heavy atom. The van der Waals surface area contributed by atoms with Gasteiger partial charge in [0.15, 0.2) is 11.3 Å². The highest BCUT2D eigenvalue weighted by Crippen LogP contribution is 2.21. The van der Waals surface area contributed by atoms with E-state index in [1.807, 2.05) is 0 Å². The van der Waals surface area contributed by atoms with Crippen molar-refractivity contribution in [3.05, 3.63) is 6.26 Å². The Kier molecular flexibility index (Phi) is 1.99. The maximum absolute atomic E-state index is 11.5. The van der Waals surface area contributed by atoms with Crippen LogP contribution in [0.5, 0.6) is 0 Å². The van der Waals surface area contributed by atoms with Gasteiger partial charge in [0, 0.05) is 5.27 Å². The second-order valence-electron chi connectivity index (χ2n) is 1.12. The van der Waals surface area contributed by atoms with Crippen molar-refractivity contribution in [1.82, 2.24) is 10.4 Å². The number of halogens is 2. The molecule has 50 valence electrons. The second-order valence-corrected chi connectivity index (χ2v) is 2.13. The maximum atomic E-state index is 11.5. The SMILES string of the molecule is FC(F)Sc1conn1. The van der Waals surface area contributed by atoms with Gasteiger partial charge in [0.1, 0.15) is 0 Å². The van der Waals surface area contributed by atoms with E-state index in [0.717, 1.165) is 6.26 Å². The number of thioether (sulfide) groups is 1. The molecule has 0 saturated carbocycles. The molecule has 0 saturated heterocycles.